The normalized spacial score (nSPS) is 16.9. The molecule has 0 bridgehead atoms. The molecule has 0 aliphatic heterocycles. The van der Waals surface area contributed by atoms with Gasteiger partial charge in [-0.2, -0.15) is 0 Å². The number of aldehydes is 1. The molecule has 635 valence electrons. The van der Waals surface area contributed by atoms with Gasteiger partial charge in [-0.3, -0.25) is 14.4 Å². The van der Waals surface area contributed by atoms with Crippen LogP contribution in [-0.4, -0.2) is 136 Å². The van der Waals surface area contributed by atoms with Gasteiger partial charge in [0.25, 0.3) is 0 Å². The Balaban J connectivity index is -0.00000126. The number of aliphatic hydroxyl groups excluding tert-OH is 3. The summed E-state index contributed by atoms with van der Waals surface area (Å²) in [7, 11) is 0.00323. The van der Waals surface area contributed by atoms with E-state index < -0.39 is 63.9 Å². The zero-order valence-electron chi connectivity index (χ0n) is 67.9. The summed E-state index contributed by atoms with van der Waals surface area (Å²) < 4.78 is 43.1. The molecule has 0 spiro atoms. The summed E-state index contributed by atoms with van der Waals surface area (Å²) in [6, 6.07) is 37.2. The second-order valence-corrected chi connectivity index (χ2v) is 29.3. The molecule has 0 fully saturated rings. The molecular formula is C78H115B6BrCl5MgMn2N6O17. The Morgan fingerprint density at radius 3 is 1.13 bits per heavy atom. The van der Waals surface area contributed by atoms with E-state index in [1.165, 1.54) is 80.7 Å². The second kappa shape index (κ2) is 68.3. The predicted octanol–water partition coefficient (Wildman–Crippen LogP) is 9.82. The van der Waals surface area contributed by atoms with Crippen LogP contribution in [0.1, 0.15) is 255 Å². The molecule has 6 aromatic carbocycles. The Morgan fingerprint density at radius 2 is 0.810 bits per heavy atom. The van der Waals surface area contributed by atoms with Gasteiger partial charge in [-0.05, 0) is 265 Å². The number of aliphatic hydroxyl groups is 3. The zero-order chi connectivity index (χ0) is 83.7. The molecule has 38 heteroatoms. The number of rotatable bonds is 18. The molecule has 6 aliphatic rings. The number of aryl methyl sites for hydroxylation is 6. The summed E-state index contributed by atoms with van der Waals surface area (Å²) in [5, 5.41) is 78.3. The van der Waals surface area contributed by atoms with Crippen LogP contribution in [0.4, 0.5) is 0 Å². The first kappa shape index (κ1) is 117. The Kier molecular flexibility index (Phi) is 68.9. The number of benzene rings is 6. The van der Waals surface area contributed by atoms with E-state index in [9.17, 15) is 44.3 Å². The van der Waals surface area contributed by atoms with Crippen LogP contribution in [0.25, 0.3) is 0 Å². The Labute approximate surface area is 754 Å². The van der Waals surface area contributed by atoms with Crippen molar-refractivity contribution in [2.45, 2.75) is 226 Å². The monoisotopic (exact) mass is 1860 g/mol. The van der Waals surface area contributed by atoms with Crippen LogP contribution >= 0.6 is 58.8 Å². The molecule has 12 rings (SSSR count). The van der Waals surface area contributed by atoms with E-state index in [-0.39, 0.29) is 138 Å². The molecule has 0 aromatic heterocycles. The fourth-order valence-electron chi connectivity index (χ4n) is 14.1. The fraction of sp³-hybridized carbons (Fsp3) is 0.487. The Hall–Kier alpha value is -3.15. The number of halogens is 6. The Bertz CT molecular complexity index is 3850. The first-order valence-corrected chi connectivity index (χ1v) is 41.6. The molecule has 0 saturated heterocycles. The SMILES string of the molecule is CB(O)N[C@@H]1CCCc2cc(C(C)=O)ccc21.CB(O)N[C@@H]1CCCc2cc(C(C)O)ccc21.CB(O)N[C@@H]1CCCc2cc(C=O)ccc21.CB(O)N[C@@H]1CCCc2cc(CO)ccc21.CC(=O)c1ccc2c(c1)CCC[C@H]2N.C[B]OOCB=O.Cl.ClCCl.ClCCl.N[C@@H]1CCCc2cc(CO)ccc21.[Br-].[CH3-].[Mg+2].[O]=[Mn]=[O].[O]=[Mn]=[O]. The number of nitrogens with one attached hydrogen (secondary N) is 4. The number of carbonyl (C=O) groups excluding carboxylic acids is 3. The summed E-state index contributed by atoms with van der Waals surface area (Å²) in [6.45, 7) is 13.8. The van der Waals surface area contributed by atoms with Crippen LogP contribution in [0.3, 0.4) is 0 Å². The van der Waals surface area contributed by atoms with Crippen LogP contribution < -0.4 is 49.4 Å². The van der Waals surface area contributed by atoms with Crippen molar-refractivity contribution in [3.8, 4) is 0 Å². The van der Waals surface area contributed by atoms with Gasteiger partial charge in [0, 0.05) is 52.9 Å². The number of ketones is 2. The molecule has 1 unspecified atom stereocenters. The van der Waals surface area contributed by atoms with Crippen LogP contribution in [0.2, 0.25) is 34.1 Å². The topological polar surface area (TPSA) is 397 Å². The van der Waals surface area contributed by atoms with Gasteiger partial charge in [0.2, 0.25) is 0 Å². The molecule has 1 radical (unpaired) electrons. The third-order valence-electron chi connectivity index (χ3n) is 18.9. The number of hydrogen-bond donors (Lipinski definition) is 13. The Morgan fingerprint density at radius 1 is 0.526 bits per heavy atom. The summed E-state index contributed by atoms with van der Waals surface area (Å²) in [5.74, 6) is 0.241. The first-order chi connectivity index (χ1) is 53.6. The van der Waals surface area contributed by atoms with Crippen molar-refractivity contribution in [2.75, 3.05) is 17.2 Å². The average Bonchev–Trinajstić information content (AvgIpc) is 0.862. The van der Waals surface area contributed by atoms with Crippen molar-refractivity contribution in [2.24, 2.45) is 11.5 Å². The molecule has 116 heavy (non-hydrogen) atoms. The maximum absolute atomic E-state index is 11.3. The molecule has 23 nitrogen and oxygen atoms in total. The summed E-state index contributed by atoms with van der Waals surface area (Å²) in [4.78, 5) is 41.6. The van der Waals surface area contributed by atoms with Gasteiger partial charge in [-0.1, -0.05) is 91.0 Å². The first-order valence-electron chi connectivity index (χ1n) is 37.5. The third-order valence-corrected chi connectivity index (χ3v) is 18.9. The standard InChI is InChI=1S/C13H20BNO2.C13H18BNO2.C12H18BNO2.C12H16BNO2.C12H15NO.C11H15NO.C2H5B2O3.2CH2Cl2.CH3.BrH.ClH.Mg.2Mn.4O/c2*1-9(16)10-6-7-12-11(8-10)4-3-5-13(12)15-14(2)17;2*1-13(16)14-12-4-2-3-10-7-9(8-15)5-6-11(10)12;1-8(14)9-5-6-11-10(7-9)3-2-4-12(11)13;12-11-3-1-2-9-6-8(7-13)4-5-10(9)11;1-3-7-6-2-4-5;2*2-1-3;;;;;;;;;;/h6-9,13,15-17H,3-5H2,1-2H3;6-8,13,15,17H,3-5H2,1-2H3;5-7,12,14-16H,2-4,8H2,1H3;5-8,12,14,16H,2-4H2,1H3;5-7,12H,2-4,13H2,1H3;4-6,11,13H,1-3,7,12H2;2H2,1H3;2*1H2;1H3;2*1H;;;;;;;/q;;;;;;;;;-1;;;+2;;;;;;/p-1/t9?,13-;13-;3*12-;11-;;;;;;;;;;;;;/m111111............./s1. The molecule has 6 aliphatic carbocycles. The van der Waals surface area contributed by atoms with Gasteiger partial charge >= 0.3 is 139 Å². The molecule has 0 amide bonds. The van der Waals surface area contributed by atoms with E-state index in [4.69, 9.17) is 83.4 Å². The summed E-state index contributed by atoms with van der Waals surface area (Å²) in [5.41, 5.74) is 32.3. The van der Waals surface area contributed by atoms with Crippen LogP contribution in [-0.2, 0) is 111 Å². The fourth-order valence-corrected chi connectivity index (χ4v) is 14.1. The number of Topliss-reactive ketones (excluding diaryl/α,β-unsaturated/α-hetero) is 2. The van der Waals surface area contributed by atoms with E-state index in [1.54, 1.807) is 54.9 Å². The van der Waals surface area contributed by atoms with E-state index in [1.807, 2.05) is 72.8 Å². The minimum absolute atomic E-state index is 0. The summed E-state index contributed by atoms with van der Waals surface area (Å²) >= 11 is 16.2. The molecular weight excluding hydrogens is 1750 g/mol. The third kappa shape index (κ3) is 44.8. The van der Waals surface area contributed by atoms with Gasteiger partial charge in [0.15, 0.2) is 11.6 Å². The number of alkyl halides is 4. The number of fused-ring (bicyclic) bond motifs is 6. The molecule has 15 N–H and O–H groups in total. The van der Waals surface area contributed by atoms with E-state index >= 15 is 0 Å². The van der Waals surface area contributed by atoms with Crippen molar-refractivity contribution in [3.63, 3.8) is 0 Å². The predicted molar refractivity (Wildman–Crippen MR) is 457 cm³/mol. The quantitative estimate of drug-likeness (QED) is 0.00556. The average molecular weight is 1870 g/mol. The number of nitrogens with two attached hydrogens (primary N) is 2. The zero-order valence-corrected chi connectivity index (χ0v) is 77.1. The second-order valence-electron chi connectivity index (χ2n) is 27.3. The molecule has 6 aromatic rings. The summed E-state index contributed by atoms with van der Waals surface area (Å²) in [6.07, 6.45) is 19.9. The van der Waals surface area contributed by atoms with Crippen LogP contribution in [0, 0.1) is 7.43 Å². The van der Waals surface area contributed by atoms with E-state index in [0.29, 0.717) is 7.15 Å². The van der Waals surface area contributed by atoms with Gasteiger partial charge in [0.05, 0.1) is 30.0 Å². The van der Waals surface area contributed by atoms with Crippen molar-refractivity contribution >= 4 is 143 Å². The van der Waals surface area contributed by atoms with Gasteiger partial charge in [0.1, 0.15) is 6.29 Å². The van der Waals surface area contributed by atoms with E-state index in [0.717, 1.165) is 149 Å². The maximum atomic E-state index is 11.3. The minimum atomic E-state index is -1.44. The van der Waals surface area contributed by atoms with Gasteiger partial charge in [-0.25, -0.2) is 0 Å². The molecule has 7 atom stereocenters. The van der Waals surface area contributed by atoms with Crippen molar-refractivity contribution < 1.29 is 126 Å². The van der Waals surface area contributed by atoms with Crippen molar-refractivity contribution in [1.29, 1.82) is 0 Å². The van der Waals surface area contributed by atoms with Crippen molar-refractivity contribution in [1.82, 2.24) is 20.9 Å². The molecule has 0 heterocycles. The van der Waals surface area contributed by atoms with Crippen LogP contribution in [0.5, 0.6) is 0 Å². The number of carbonyl (C=O) groups is 3. The number of hydrogen-bond acceptors (Lipinski definition) is 23. The van der Waals surface area contributed by atoms with Gasteiger partial charge < -0.3 is 92.2 Å². The van der Waals surface area contributed by atoms with Crippen molar-refractivity contribution in [3.05, 3.63) is 217 Å². The molecule has 0 saturated carbocycles. The van der Waals surface area contributed by atoms with E-state index in [2.05, 4.69) is 67.0 Å². The van der Waals surface area contributed by atoms with Crippen LogP contribution in [0.15, 0.2) is 109 Å². The van der Waals surface area contributed by atoms with Gasteiger partial charge in [-0.15, -0.1) is 58.8 Å².